The average Bonchev–Trinajstić information content (AvgIpc) is 3.55. The molecule has 0 saturated heterocycles. The van der Waals surface area contributed by atoms with Gasteiger partial charge in [0.25, 0.3) is 11.8 Å². The Morgan fingerprint density at radius 2 is 1.66 bits per heavy atom. The summed E-state index contributed by atoms with van der Waals surface area (Å²) in [5, 5.41) is 0. The highest BCUT2D eigenvalue weighted by molar-refractivity contribution is 6.22. The van der Waals surface area contributed by atoms with E-state index in [2.05, 4.69) is 0 Å². The highest BCUT2D eigenvalue weighted by atomic mass is 16.5. The van der Waals surface area contributed by atoms with E-state index in [1.54, 1.807) is 36.6 Å². The maximum absolute atomic E-state index is 12.8. The van der Waals surface area contributed by atoms with Gasteiger partial charge in [-0.25, -0.2) is 9.59 Å². The summed E-state index contributed by atoms with van der Waals surface area (Å²) in [4.78, 5) is 52.8. The van der Waals surface area contributed by atoms with Crippen molar-refractivity contribution in [2.45, 2.75) is 18.9 Å². The molecule has 29 heavy (non-hydrogen) atoms. The Kier molecular flexibility index (Phi) is 4.54. The minimum Gasteiger partial charge on any atom is -0.465 e. The molecule has 0 radical (unpaired) electrons. The molecule has 3 aliphatic rings. The van der Waals surface area contributed by atoms with E-state index in [1.165, 1.54) is 30.1 Å². The summed E-state index contributed by atoms with van der Waals surface area (Å²) in [5.41, 5.74) is 0.990. The predicted molar refractivity (Wildman–Crippen MR) is 102 cm³/mol. The third-order valence-corrected chi connectivity index (χ3v) is 4.98. The quantitative estimate of drug-likeness (QED) is 0.569. The van der Waals surface area contributed by atoms with Gasteiger partial charge in [-0.1, -0.05) is 6.08 Å². The largest absolute Gasteiger partial charge is 0.465 e. The molecular weight excluding hydrogens is 376 g/mol. The van der Waals surface area contributed by atoms with Gasteiger partial charge in [-0.05, 0) is 43.2 Å². The zero-order valence-corrected chi connectivity index (χ0v) is 15.9. The van der Waals surface area contributed by atoms with Crippen molar-refractivity contribution in [3.63, 3.8) is 0 Å². The fourth-order valence-corrected chi connectivity index (χ4v) is 3.43. The fraction of sp³-hybridized carbons (Fsp3) is 0.238. The summed E-state index contributed by atoms with van der Waals surface area (Å²) in [6, 6.07) is 4.69. The molecule has 0 atom stereocenters. The van der Waals surface area contributed by atoms with Crippen LogP contribution in [0.4, 0.5) is 5.69 Å². The van der Waals surface area contributed by atoms with Crippen molar-refractivity contribution in [1.29, 1.82) is 0 Å². The molecule has 1 aromatic rings. The number of ether oxygens (including phenoxy) is 2. The number of esters is 2. The number of allylic oxidation sites excluding steroid dienone is 2. The van der Waals surface area contributed by atoms with Crippen LogP contribution in [0.1, 0.15) is 33.6 Å². The molecule has 1 aliphatic carbocycles. The first kappa shape index (κ1) is 18.7. The van der Waals surface area contributed by atoms with Crippen molar-refractivity contribution in [2.24, 2.45) is 0 Å². The Hall–Kier alpha value is -3.68. The summed E-state index contributed by atoms with van der Waals surface area (Å²) in [6.45, 7) is 0. The number of amides is 2. The molecule has 148 valence electrons. The van der Waals surface area contributed by atoms with Crippen molar-refractivity contribution in [3.05, 3.63) is 65.0 Å². The number of methoxy groups -OCH3 is 2. The van der Waals surface area contributed by atoms with Crippen LogP contribution in [0.5, 0.6) is 0 Å². The maximum atomic E-state index is 12.8. The number of fused-ring (bicyclic) bond motifs is 1. The third-order valence-electron chi connectivity index (χ3n) is 4.98. The molecule has 0 aromatic heterocycles. The van der Waals surface area contributed by atoms with Gasteiger partial charge >= 0.3 is 11.9 Å². The first-order chi connectivity index (χ1) is 14.0. The lowest BCUT2D eigenvalue weighted by molar-refractivity contribution is -0.139. The number of anilines is 1. The Morgan fingerprint density at radius 1 is 0.966 bits per heavy atom. The van der Waals surface area contributed by atoms with Gasteiger partial charge in [-0.3, -0.25) is 14.5 Å². The maximum Gasteiger partial charge on any atom is 0.355 e. The molecule has 4 rings (SSSR count). The van der Waals surface area contributed by atoms with Gasteiger partial charge in [0, 0.05) is 17.9 Å². The minimum absolute atomic E-state index is 0.00635. The molecule has 2 heterocycles. The van der Waals surface area contributed by atoms with Gasteiger partial charge in [0.2, 0.25) is 0 Å². The number of nitrogens with zero attached hydrogens (tertiary/aromatic N) is 2. The Bertz CT molecular complexity index is 1030. The van der Waals surface area contributed by atoms with Gasteiger partial charge in [0.15, 0.2) is 0 Å². The molecule has 8 heteroatoms. The van der Waals surface area contributed by atoms with E-state index in [9.17, 15) is 19.2 Å². The molecule has 0 spiro atoms. The summed E-state index contributed by atoms with van der Waals surface area (Å²) >= 11 is 0. The Balaban J connectivity index is 1.82. The fourth-order valence-electron chi connectivity index (χ4n) is 3.43. The van der Waals surface area contributed by atoms with Crippen LogP contribution in [0.25, 0.3) is 0 Å². The second-order valence-corrected chi connectivity index (χ2v) is 6.76. The van der Waals surface area contributed by atoms with Gasteiger partial charge in [0.1, 0.15) is 5.70 Å². The van der Waals surface area contributed by atoms with Crippen molar-refractivity contribution in [3.8, 4) is 0 Å². The van der Waals surface area contributed by atoms with Gasteiger partial charge in [0.05, 0.1) is 30.9 Å². The molecular formula is C21H18N2O6. The Morgan fingerprint density at radius 3 is 2.31 bits per heavy atom. The first-order valence-electron chi connectivity index (χ1n) is 9.05. The van der Waals surface area contributed by atoms with Crippen LogP contribution < -0.4 is 4.90 Å². The summed E-state index contributed by atoms with van der Waals surface area (Å²) in [6.07, 6.45) is 7.88. The van der Waals surface area contributed by atoms with Gasteiger partial charge in [-0.15, -0.1) is 0 Å². The van der Waals surface area contributed by atoms with E-state index in [-0.39, 0.29) is 34.7 Å². The second-order valence-electron chi connectivity index (χ2n) is 6.76. The molecule has 8 nitrogen and oxygen atoms in total. The molecule has 0 bridgehead atoms. The lowest BCUT2D eigenvalue weighted by atomic mass is 10.1. The van der Waals surface area contributed by atoms with Crippen LogP contribution >= 0.6 is 0 Å². The van der Waals surface area contributed by atoms with Crippen LogP contribution in [-0.4, -0.2) is 48.9 Å². The molecule has 1 aromatic carbocycles. The number of carbonyl (C=O) groups is 4. The number of rotatable bonds is 4. The molecule has 1 fully saturated rings. The zero-order valence-electron chi connectivity index (χ0n) is 15.9. The normalized spacial score (nSPS) is 18.1. The molecule has 0 N–H and O–H groups in total. The Labute approximate surface area is 166 Å². The second kappa shape index (κ2) is 7.05. The van der Waals surface area contributed by atoms with E-state index >= 15 is 0 Å². The molecule has 2 amide bonds. The number of hydrogen-bond donors (Lipinski definition) is 0. The van der Waals surface area contributed by atoms with Crippen LogP contribution in [0.15, 0.2) is 53.9 Å². The molecule has 2 aliphatic heterocycles. The summed E-state index contributed by atoms with van der Waals surface area (Å²) in [7, 11) is 2.42. The molecule has 0 unspecified atom stereocenters. The van der Waals surface area contributed by atoms with E-state index in [4.69, 9.17) is 9.47 Å². The molecule has 1 saturated carbocycles. The van der Waals surface area contributed by atoms with Crippen molar-refractivity contribution < 1.29 is 28.7 Å². The van der Waals surface area contributed by atoms with Crippen molar-refractivity contribution in [1.82, 2.24) is 4.90 Å². The van der Waals surface area contributed by atoms with E-state index in [1.807, 2.05) is 0 Å². The predicted octanol–water partition coefficient (Wildman–Crippen LogP) is 1.94. The van der Waals surface area contributed by atoms with Crippen molar-refractivity contribution >= 4 is 29.4 Å². The number of benzene rings is 1. The smallest absolute Gasteiger partial charge is 0.355 e. The van der Waals surface area contributed by atoms with Gasteiger partial charge < -0.3 is 14.4 Å². The van der Waals surface area contributed by atoms with Crippen LogP contribution in [0, 0.1) is 0 Å². The number of imide groups is 1. The van der Waals surface area contributed by atoms with Crippen molar-refractivity contribution in [2.75, 3.05) is 19.1 Å². The highest BCUT2D eigenvalue weighted by Crippen LogP contribution is 2.37. The topological polar surface area (TPSA) is 93.2 Å². The van der Waals surface area contributed by atoms with Crippen LogP contribution in [0.2, 0.25) is 0 Å². The number of hydrogen-bond acceptors (Lipinski definition) is 7. The van der Waals surface area contributed by atoms with Gasteiger partial charge in [-0.2, -0.15) is 0 Å². The third kappa shape index (κ3) is 3.02. The first-order valence-corrected chi connectivity index (χ1v) is 9.05. The van der Waals surface area contributed by atoms with E-state index in [0.29, 0.717) is 11.3 Å². The lowest BCUT2D eigenvalue weighted by Gasteiger charge is -2.23. The van der Waals surface area contributed by atoms with Crippen LogP contribution in [0.3, 0.4) is 0 Å². The SMILES string of the molecule is COC(=O)C1=C(C(=O)OC)N(c2ccc3c(c2)C(=O)N(C2CC2)C3=O)C=CC=C1. The lowest BCUT2D eigenvalue weighted by Crippen LogP contribution is -2.31. The van der Waals surface area contributed by atoms with E-state index in [0.717, 1.165) is 12.8 Å². The monoisotopic (exact) mass is 394 g/mol. The average molecular weight is 394 g/mol. The standard InChI is InChI=1S/C21H18N2O6/c1-28-20(26)15-5-3-4-10-22(17(15)21(27)29-2)13-8-9-14-16(11-13)19(25)23(18(14)24)12-6-7-12/h3-5,8-12H,6-7H2,1-2H3. The minimum atomic E-state index is -0.746. The van der Waals surface area contributed by atoms with E-state index < -0.39 is 11.9 Å². The summed E-state index contributed by atoms with van der Waals surface area (Å²) < 4.78 is 9.66. The summed E-state index contributed by atoms with van der Waals surface area (Å²) in [5.74, 6) is -2.10. The highest BCUT2D eigenvalue weighted by Gasteiger charge is 2.44. The zero-order chi connectivity index (χ0) is 20.7. The number of carbonyl (C=O) groups excluding carboxylic acids is 4. The van der Waals surface area contributed by atoms with Crippen LogP contribution in [-0.2, 0) is 19.1 Å².